The predicted octanol–water partition coefficient (Wildman–Crippen LogP) is 5.66. The van der Waals surface area contributed by atoms with Gasteiger partial charge in [-0.2, -0.15) is 13.2 Å². The largest absolute Gasteiger partial charge is 0.493 e. The van der Waals surface area contributed by atoms with Crippen molar-refractivity contribution in [3.8, 4) is 17.4 Å². The molecule has 0 aliphatic rings. The normalized spacial score (nSPS) is 12.1. The van der Waals surface area contributed by atoms with Crippen LogP contribution < -0.4 is 9.47 Å². The Balaban J connectivity index is 2.33. The van der Waals surface area contributed by atoms with Crippen LogP contribution in [0.3, 0.4) is 0 Å². The molecule has 174 valence electrons. The number of alkyl halides is 3. The Bertz CT molecular complexity index is 971. The topological polar surface area (TPSA) is 77.9 Å². The molecule has 0 spiro atoms. The number of aliphatic hydroxyl groups is 1. The quantitative estimate of drug-likeness (QED) is 0.374. The molecule has 0 aliphatic heterocycles. The molecule has 0 amide bonds. The van der Waals surface area contributed by atoms with Crippen LogP contribution in [0.4, 0.5) is 13.2 Å². The molecule has 0 fully saturated rings. The van der Waals surface area contributed by atoms with Crippen molar-refractivity contribution in [3.05, 3.63) is 52.7 Å². The molecule has 1 N–H and O–H groups in total. The first-order valence-corrected chi connectivity index (χ1v) is 10.0. The van der Waals surface area contributed by atoms with Gasteiger partial charge >= 0.3 is 12.1 Å². The van der Waals surface area contributed by atoms with E-state index in [0.29, 0.717) is 30.0 Å². The van der Waals surface area contributed by atoms with Gasteiger partial charge in [-0.1, -0.05) is 11.6 Å². The highest BCUT2D eigenvalue weighted by atomic mass is 35.5. The van der Waals surface area contributed by atoms with Crippen LogP contribution in [-0.4, -0.2) is 34.9 Å². The number of nitrogens with zero attached hydrogens (tertiary/aromatic N) is 1. The Morgan fingerprint density at radius 1 is 1.25 bits per heavy atom. The van der Waals surface area contributed by atoms with E-state index in [2.05, 4.69) is 4.98 Å². The monoisotopic (exact) mass is 473 g/mol. The van der Waals surface area contributed by atoms with Gasteiger partial charge in [0.15, 0.2) is 0 Å². The Hall–Kier alpha value is -2.78. The summed E-state index contributed by atoms with van der Waals surface area (Å²) in [6, 6.07) is 5.39. The second-order valence-corrected chi connectivity index (χ2v) is 7.71. The molecule has 0 saturated carbocycles. The highest BCUT2D eigenvalue weighted by Gasteiger charge is 2.32. The summed E-state index contributed by atoms with van der Waals surface area (Å²) in [6.07, 6.45) is -1.02. The zero-order valence-electron chi connectivity index (χ0n) is 17.7. The smallest absolute Gasteiger partial charge is 0.417 e. The van der Waals surface area contributed by atoms with Crippen LogP contribution >= 0.6 is 11.6 Å². The van der Waals surface area contributed by atoms with Gasteiger partial charge in [-0.3, -0.25) is 0 Å². The first-order valence-electron chi connectivity index (χ1n) is 9.63. The molecule has 2 aromatic rings. The lowest BCUT2D eigenvalue weighted by Gasteiger charge is -2.17. The molecule has 0 aliphatic carbocycles. The summed E-state index contributed by atoms with van der Waals surface area (Å²) in [5.41, 5.74) is -1.52. The molecule has 32 heavy (non-hydrogen) atoms. The minimum Gasteiger partial charge on any atom is -0.493 e. The van der Waals surface area contributed by atoms with Crippen molar-refractivity contribution in [2.24, 2.45) is 0 Å². The SMILES string of the molecule is CCOC(=O)C=Cc1ccc(OCCC(C)(C)O)cc1Oc1ncc(C(F)(F)F)cc1Cl. The molecule has 0 bridgehead atoms. The van der Waals surface area contributed by atoms with Gasteiger partial charge in [0, 0.05) is 30.3 Å². The molecule has 0 radical (unpaired) electrons. The molecule has 6 nitrogen and oxygen atoms in total. The number of carbonyl (C=O) groups excluding carboxylic acids is 1. The van der Waals surface area contributed by atoms with E-state index >= 15 is 0 Å². The third-order valence-electron chi connectivity index (χ3n) is 3.99. The van der Waals surface area contributed by atoms with Gasteiger partial charge in [0.2, 0.25) is 5.88 Å². The van der Waals surface area contributed by atoms with Crippen molar-refractivity contribution in [2.75, 3.05) is 13.2 Å². The molecule has 1 aromatic carbocycles. The molecular weight excluding hydrogens is 451 g/mol. The van der Waals surface area contributed by atoms with Gasteiger partial charge in [0.1, 0.15) is 16.5 Å². The van der Waals surface area contributed by atoms with E-state index < -0.39 is 23.3 Å². The minimum absolute atomic E-state index is 0.139. The summed E-state index contributed by atoms with van der Waals surface area (Å²) in [5.74, 6) is -0.310. The van der Waals surface area contributed by atoms with E-state index in [-0.39, 0.29) is 29.9 Å². The van der Waals surface area contributed by atoms with Crippen LogP contribution in [0.1, 0.15) is 38.3 Å². The van der Waals surface area contributed by atoms with E-state index in [1.807, 2.05) is 0 Å². The average Bonchev–Trinajstić information content (AvgIpc) is 2.67. The first kappa shape index (κ1) is 25.5. The summed E-state index contributed by atoms with van der Waals surface area (Å²) in [5, 5.41) is 9.47. The van der Waals surface area contributed by atoms with E-state index in [1.54, 1.807) is 32.9 Å². The Kier molecular flexibility index (Phi) is 8.51. The lowest BCUT2D eigenvalue weighted by Crippen LogP contribution is -2.21. The summed E-state index contributed by atoms with van der Waals surface area (Å²) >= 11 is 5.94. The Labute approximate surface area is 188 Å². The zero-order chi connectivity index (χ0) is 23.9. The number of pyridine rings is 1. The van der Waals surface area contributed by atoms with Crippen LogP contribution in [0.25, 0.3) is 6.08 Å². The predicted molar refractivity (Wildman–Crippen MR) is 113 cm³/mol. The molecular formula is C22H23ClF3NO5. The molecule has 0 saturated heterocycles. The van der Waals surface area contributed by atoms with Gasteiger partial charge < -0.3 is 19.3 Å². The van der Waals surface area contributed by atoms with Gasteiger partial charge in [-0.05, 0) is 45.0 Å². The van der Waals surface area contributed by atoms with E-state index in [0.717, 1.165) is 0 Å². The fraction of sp³-hybridized carbons (Fsp3) is 0.364. The average molecular weight is 474 g/mol. The standard InChI is InChI=1S/C22H23ClF3NO5/c1-4-30-19(28)8-6-14-5-7-16(31-10-9-21(2,3)29)12-18(14)32-20-17(23)11-15(13-27-20)22(24,25)26/h5-8,11-13,29H,4,9-10H2,1-3H3. The van der Waals surface area contributed by atoms with E-state index in [4.69, 9.17) is 25.8 Å². The minimum atomic E-state index is -4.60. The van der Waals surface area contributed by atoms with Crippen LogP contribution in [-0.2, 0) is 15.7 Å². The van der Waals surface area contributed by atoms with Gasteiger partial charge in [-0.25, -0.2) is 9.78 Å². The number of hydrogen-bond donors (Lipinski definition) is 1. The molecule has 2 rings (SSSR count). The fourth-order valence-corrected chi connectivity index (χ4v) is 2.56. The Morgan fingerprint density at radius 2 is 1.97 bits per heavy atom. The third-order valence-corrected chi connectivity index (χ3v) is 4.27. The second-order valence-electron chi connectivity index (χ2n) is 7.31. The highest BCUT2D eigenvalue weighted by molar-refractivity contribution is 6.31. The van der Waals surface area contributed by atoms with Crippen molar-refractivity contribution in [2.45, 2.75) is 39.0 Å². The van der Waals surface area contributed by atoms with Crippen molar-refractivity contribution >= 4 is 23.6 Å². The van der Waals surface area contributed by atoms with Crippen LogP contribution in [0.2, 0.25) is 5.02 Å². The summed E-state index contributed by atoms with van der Waals surface area (Å²) in [4.78, 5) is 15.3. The molecule has 0 atom stereocenters. The zero-order valence-corrected chi connectivity index (χ0v) is 18.5. The number of ether oxygens (including phenoxy) is 3. The van der Waals surface area contributed by atoms with Crippen LogP contribution in [0.15, 0.2) is 36.5 Å². The van der Waals surface area contributed by atoms with Crippen LogP contribution in [0, 0.1) is 0 Å². The highest BCUT2D eigenvalue weighted by Crippen LogP contribution is 2.36. The molecule has 0 unspecified atom stereocenters. The third kappa shape index (κ3) is 8.05. The Morgan fingerprint density at radius 3 is 2.56 bits per heavy atom. The van der Waals surface area contributed by atoms with E-state index in [1.165, 1.54) is 18.2 Å². The van der Waals surface area contributed by atoms with Gasteiger partial charge in [0.05, 0.1) is 24.4 Å². The maximum Gasteiger partial charge on any atom is 0.417 e. The van der Waals surface area contributed by atoms with E-state index in [9.17, 15) is 23.1 Å². The first-order chi connectivity index (χ1) is 14.9. The van der Waals surface area contributed by atoms with Crippen LogP contribution in [0.5, 0.6) is 17.4 Å². The maximum absolute atomic E-state index is 12.9. The number of carbonyl (C=O) groups is 1. The summed E-state index contributed by atoms with van der Waals surface area (Å²) in [7, 11) is 0. The van der Waals surface area contributed by atoms with Crippen molar-refractivity contribution in [1.29, 1.82) is 0 Å². The number of aromatic nitrogens is 1. The number of halogens is 4. The van der Waals surface area contributed by atoms with Crippen molar-refractivity contribution in [3.63, 3.8) is 0 Å². The lowest BCUT2D eigenvalue weighted by atomic mass is 10.1. The van der Waals surface area contributed by atoms with Gasteiger partial charge in [-0.15, -0.1) is 0 Å². The number of rotatable bonds is 9. The maximum atomic E-state index is 12.9. The van der Waals surface area contributed by atoms with Gasteiger partial charge in [0.25, 0.3) is 0 Å². The van der Waals surface area contributed by atoms with Crippen molar-refractivity contribution in [1.82, 2.24) is 4.98 Å². The fourth-order valence-electron chi connectivity index (χ4n) is 2.36. The molecule has 1 heterocycles. The number of esters is 1. The number of benzene rings is 1. The summed E-state index contributed by atoms with van der Waals surface area (Å²) < 4.78 is 54.7. The van der Waals surface area contributed by atoms with Crippen molar-refractivity contribution < 1.29 is 37.3 Å². The molecule has 10 heteroatoms. The lowest BCUT2D eigenvalue weighted by molar-refractivity contribution is -0.138. The molecule has 1 aromatic heterocycles. The number of hydrogen-bond acceptors (Lipinski definition) is 6. The second kappa shape index (κ2) is 10.7. The summed E-state index contributed by atoms with van der Waals surface area (Å²) in [6.45, 7) is 5.36.